The van der Waals surface area contributed by atoms with Crippen molar-refractivity contribution in [3.05, 3.63) is 0 Å². The highest BCUT2D eigenvalue weighted by Gasteiger charge is 2.56. The molecule has 0 saturated heterocycles. The second-order valence-electron chi connectivity index (χ2n) is 3.28. The second-order valence-corrected chi connectivity index (χ2v) is 6.50. The van der Waals surface area contributed by atoms with Crippen molar-refractivity contribution in [3.63, 3.8) is 0 Å². The van der Waals surface area contributed by atoms with Gasteiger partial charge in [0.2, 0.25) is 0 Å². The van der Waals surface area contributed by atoms with E-state index >= 15 is 0 Å². The lowest BCUT2D eigenvalue weighted by molar-refractivity contribution is -0.0455. The van der Waals surface area contributed by atoms with Crippen molar-refractivity contribution in [2.24, 2.45) is 0 Å². The highest BCUT2D eigenvalue weighted by molar-refractivity contribution is 14.1. The third-order valence-electron chi connectivity index (χ3n) is 2.01. The molecule has 0 bridgehead atoms. The summed E-state index contributed by atoms with van der Waals surface area (Å²) in [6.45, 7) is 2.81. The standard InChI is InChI=1S/C7H12F3IO2S/c1-3-4-6(2,5-11)14(12,13)7(8,9)10/h3-5H2,1-2H3/t6-/m1/s1. The van der Waals surface area contributed by atoms with E-state index in [4.69, 9.17) is 0 Å². The number of halogens is 4. The zero-order valence-corrected chi connectivity index (χ0v) is 10.8. The molecule has 0 aliphatic heterocycles. The summed E-state index contributed by atoms with van der Waals surface area (Å²) in [6, 6.07) is 0. The Bertz CT molecular complexity index is 286. The molecule has 1 atom stereocenters. The Morgan fingerprint density at radius 2 is 1.71 bits per heavy atom. The molecule has 0 saturated carbocycles. The van der Waals surface area contributed by atoms with E-state index in [0.717, 1.165) is 6.92 Å². The van der Waals surface area contributed by atoms with Gasteiger partial charge in [-0.05, 0) is 13.3 Å². The van der Waals surface area contributed by atoms with Crippen molar-refractivity contribution < 1.29 is 21.6 Å². The van der Waals surface area contributed by atoms with Gasteiger partial charge in [-0.1, -0.05) is 35.9 Å². The van der Waals surface area contributed by atoms with Crippen molar-refractivity contribution in [3.8, 4) is 0 Å². The minimum atomic E-state index is -5.15. The summed E-state index contributed by atoms with van der Waals surface area (Å²) in [4.78, 5) is 0. The quantitative estimate of drug-likeness (QED) is 0.581. The lowest BCUT2D eigenvalue weighted by atomic mass is 10.1. The fraction of sp³-hybridized carbons (Fsp3) is 1.00. The minimum absolute atomic E-state index is 0.0256. The van der Waals surface area contributed by atoms with E-state index in [0.29, 0.717) is 6.42 Å². The number of hydrogen-bond acceptors (Lipinski definition) is 2. The van der Waals surface area contributed by atoms with E-state index in [2.05, 4.69) is 0 Å². The van der Waals surface area contributed by atoms with Crippen LogP contribution >= 0.6 is 22.6 Å². The smallest absolute Gasteiger partial charge is 0.219 e. The SMILES string of the molecule is CCC[C@](C)(CI)S(=O)(=O)C(F)(F)F. The minimum Gasteiger partial charge on any atom is -0.219 e. The van der Waals surface area contributed by atoms with Gasteiger partial charge in [-0.2, -0.15) is 13.2 Å². The van der Waals surface area contributed by atoms with Crippen molar-refractivity contribution >= 4 is 32.4 Å². The van der Waals surface area contributed by atoms with Crippen LogP contribution in [0.1, 0.15) is 26.7 Å². The zero-order valence-electron chi connectivity index (χ0n) is 7.86. The molecule has 86 valence electrons. The van der Waals surface area contributed by atoms with Gasteiger partial charge in [0.05, 0.1) is 4.75 Å². The molecule has 0 amide bonds. The Morgan fingerprint density at radius 1 is 1.29 bits per heavy atom. The highest BCUT2D eigenvalue weighted by atomic mass is 127. The summed E-state index contributed by atoms with van der Waals surface area (Å²) in [5.74, 6) is 0. The molecular weight excluding hydrogens is 332 g/mol. The molecule has 7 heteroatoms. The van der Waals surface area contributed by atoms with Crippen LogP contribution in [-0.2, 0) is 9.84 Å². The molecule has 0 heterocycles. The second kappa shape index (κ2) is 4.54. The van der Waals surface area contributed by atoms with Crippen LogP contribution in [0.2, 0.25) is 0 Å². The maximum Gasteiger partial charge on any atom is 0.497 e. The van der Waals surface area contributed by atoms with Gasteiger partial charge < -0.3 is 0 Å². The Hall–Kier alpha value is 0.470. The molecule has 0 fully saturated rings. The molecule has 0 aliphatic carbocycles. The molecule has 0 aromatic rings. The third-order valence-corrected chi connectivity index (χ3v) is 6.47. The van der Waals surface area contributed by atoms with Crippen LogP contribution in [-0.4, -0.2) is 23.1 Å². The molecular formula is C7H12F3IO2S. The summed E-state index contributed by atoms with van der Waals surface area (Å²) in [5.41, 5.74) is -5.15. The number of hydrogen-bond donors (Lipinski definition) is 0. The largest absolute Gasteiger partial charge is 0.497 e. The van der Waals surface area contributed by atoms with Gasteiger partial charge in [-0.15, -0.1) is 0 Å². The maximum absolute atomic E-state index is 12.2. The topological polar surface area (TPSA) is 34.1 Å². The first kappa shape index (κ1) is 14.5. The molecule has 0 aromatic carbocycles. The molecule has 0 radical (unpaired) electrons. The van der Waals surface area contributed by atoms with Crippen LogP contribution in [0.15, 0.2) is 0 Å². The first-order valence-corrected chi connectivity index (χ1v) is 7.00. The Balaban J connectivity index is 5.24. The lowest BCUT2D eigenvalue weighted by Gasteiger charge is -2.27. The summed E-state index contributed by atoms with van der Waals surface area (Å²) in [5, 5.41) is 0. The van der Waals surface area contributed by atoms with E-state index in [-0.39, 0.29) is 10.8 Å². The first-order valence-electron chi connectivity index (χ1n) is 3.99. The zero-order chi connectivity index (χ0) is 11.6. The Morgan fingerprint density at radius 3 is 1.93 bits per heavy atom. The molecule has 0 aromatic heterocycles. The predicted octanol–water partition coefficient (Wildman–Crippen LogP) is 2.91. The number of rotatable bonds is 4. The molecule has 0 unspecified atom stereocenters. The Kier molecular flexibility index (Phi) is 4.70. The third kappa shape index (κ3) is 2.53. The molecule has 2 nitrogen and oxygen atoms in total. The molecule has 0 rings (SSSR count). The summed E-state index contributed by atoms with van der Waals surface area (Å²) < 4.78 is 57.3. The van der Waals surface area contributed by atoms with Crippen LogP contribution < -0.4 is 0 Å². The molecule has 0 spiro atoms. The van der Waals surface area contributed by atoms with Gasteiger partial charge in [0, 0.05) is 4.43 Å². The van der Waals surface area contributed by atoms with Crippen LogP contribution in [0.25, 0.3) is 0 Å². The van der Waals surface area contributed by atoms with Crippen LogP contribution in [0.4, 0.5) is 13.2 Å². The van der Waals surface area contributed by atoms with E-state index < -0.39 is 20.1 Å². The average molecular weight is 344 g/mol. The Labute approximate surface area is 95.3 Å². The fourth-order valence-electron chi connectivity index (χ4n) is 1.08. The van der Waals surface area contributed by atoms with Gasteiger partial charge in [0.1, 0.15) is 0 Å². The predicted molar refractivity (Wildman–Crippen MR) is 57.2 cm³/mol. The van der Waals surface area contributed by atoms with Crippen molar-refractivity contribution in [1.29, 1.82) is 0 Å². The average Bonchev–Trinajstić information content (AvgIpc) is 2.02. The van der Waals surface area contributed by atoms with Gasteiger partial charge in [-0.25, -0.2) is 8.42 Å². The van der Waals surface area contributed by atoms with Gasteiger partial charge in [-0.3, -0.25) is 0 Å². The fourth-order valence-corrected chi connectivity index (χ4v) is 3.87. The van der Waals surface area contributed by atoms with Crippen molar-refractivity contribution in [2.45, 2.75) is 36.9 Å². The normalized spacial score (nSPS) is 17.9. The maximum atomic E-state index is 12.2. The van der Waals surface area contributed by atoms with Gasteiger partial charge >= 0.3 is 5.51 Å². The van der Waals surface area contributed by atoms with E-state index in [1.54, 1.807) is 29.5 Å². The number of alkyl halides is 4. The summed E-state index contributed by atoms with van der Waals surface area (Å²) >= 11 is 1.68. The molecule has 0 aliphatic rings. The van der Waals surface area contributed by atoms with Crippen molar-refractivity contribution in [1.82, 2.24) is 0 Å². The van der Waals surface area contributed by atoms with Gasteiger partial charge in [0.25, 0.3) is 9.84 Å². The first-order chi connectivity index (χ1) is 6.12. The van der Waals surface area contributed by atoms with Crippen LogP contribution in [0, 0.1) is 0 Å². The van der Waals surface area contributed by atoms with Crippen LogP contribution in [0.5, 0.6) is 0 Å². The highest BCUT2D eigenvalue weighted by Crippen LogP contribution is 2.37. The van der Waals surface area contributed by atoms with E-state index in [9.17, 15) is 21.6 Å². The monoisotopic (exact) mass is 344 g/mol. The summed E-state index contributed by atoms with van der Waals surface area (Å²) in [7, 11) is -5.06. The van der Waals surface area contributed by atoms with E-state index in [1.165, 1.54) is 0 Å². The summed E-state index contributed by atoms with van der Waals surface area (Å²) in [6.07, 6.45) is 0.437. The number of sulfone groups is 1. The lowest BCUT2D eigenvalue weighted by Crippen LogP contribution is -2.45. The van der Waals surface area contributed by atoms with Gasteiger partial charge in [0.15, 0.2) is 0 Å². The molecule has 0 N–H and O–H groups in total. The van der Waals surface area contributed by atoms with Crippen LogP contribution in [0.3, 0.4) is 0 Å². The molecule has 14 heavy (non-hydrogen) atoms. The van der Waals surface area contributed by atoms with Crippen molar-refractivity contribution in [2.75, 3.05) is 4.43 Å². The van der Waals surface area contributed by atoms with E-state index in [1.807, 2.05) is 0 Å².